The Morgan fingerprint density at radius 2 is 2.33 bits per heavy atom. The predicted octanol–water partition coefficient (Wildman–Crippen LogP) is 3.28. The van der Waals surface area contributed by atoms with Gasteiger partial charge in [-0.1, -0.05) is 13.8 Å². The molecule has 0 amide bonds. The molecule has 12 heavy (non-hydrogen) atoms. The number of halogens is 1. The number of rotatable bonds is 3. The van der Waals surface area contributed by atoms with E-state index in [0.29, 0.717) is 0 Å². The molecule has 0 unspecified atom stereocenters. The van der Waals surface area contributed by atoms with Crippen LogP contribution in [0.1, 0.15) is 18.7 Å². The quantitative estimate of drug-likeness (QED) is 0.749. The van der Waals surface area contributed by atoms with Crippen LogP contribution in [0.3, 0.4) is 0 Å². The topological polar surface area (TPSA) is 17.1 Å². The zero-order valence-corrected chi connectivity index (χ0v) is 9.54. The van der Waals surface area contributed by atoms with Gasteiger partial charge in [0.2, 0.25) is 0 Å². The normalized spacial score (nSPS) is 11.6. The van der Waals surface area contributed by atoms with Crippen LogP contribution in [0.4, 0.5) is 0 Å². The van der Waals surface area contributed by atoms with Gasteiger partial charge in [-0.3, -0.25) is 0 Å². The fourth-order valence-corrected chi connectivity index (χ4v) is 2.64. The molecule has 1 nitrogen and oxygen atoms in total. The average molecular weight is 247 g/mol. The van der Waals surface area contributed by atoms with Gasteiger partial charge in [-0.25, -0.2) is 0 Å². The van der Waals surface area contributed by atoms with Gasteiger partial charge in [0.25, 0.3) is 0 Å². The second-order valence-electron chi connectivity index (χ2n) is 3.47. The van der Waals surface area contributed by atoms with Gasteiger partial charge in [0.15, 0.2) is 0 Å². The number of aldehydes is 1. The van der Waals surface area contributed by atoms with Crippen molar-refractivity contribution in [2.75, 3.05) is 0 Å². The van der Waals surface area contributed by atoms with Gasteiger partial charge in [-0.15, -0.1) is 11.3 Å². The van der Waals surface area contributed by atoms with Crippen molar-refractivity contribution >= 4 is 33.6 Å². The lowest BCUT2D eigenvalue weighted by atomic mass is 9.91. The van der Waals surface area contributed by atoms with Crippen molar-refractivity contribution in [1.29, 1.82) is 0 Å². The molecule has 0 N–H and O–H groups in total. The highest BCUT2D eigenvalue weighted by molar-refractivity contribution is 9.10. The second-order valence-corrected chi connectivity index (χ2v) is 5.33. The van der Waals surface area contributed by atoms with Crippen LogP contribution in [0.15, 0.2) is 15.9 Å². The highest BCUT2D eigenvalue weighted by Crippen LogP contribution is 2.29. The van der Waals surface area contributed by atoms with E-state index in [0.717, 1.165) is 17.2 Å². The first kappa shape index (κ1) is 9.93. The molecule has 0 saturated carbocycles. The molecule has 0 aliphatic heterocycles. The summed E-state index contributed by atoms with van der Waals surface area (Å²) in [6, 6.07) is 2.01. The van der Waals surface area contributed by atoms with Crippen LogP contribution < -0.4 is 0 Å². The van der Waals surface area contributed by atoms with Gasteiger partial charge in [-0.05, 0) is 33.8 Å². The Bertz CT molecular complexity index is 278. The minimum atomic E-state index is -0.243. The summed E-state index contributed by atoms with van der Waals surface area (Å²) in [7, 11) is 0. The zero-order valence-electron chi connectivity index (χ0n) is 7.13. The third kappa shape index (κ3) is 2.42. The first-order chi connectivity index (χ1) is 5.55. The van der Waals surface area contributed by atoms with Crippen molar-refractivity contribution in [3.8, 4) is 0 Å². The summed E-state index contributed by atoms with van der Waals surface area (Å²) in [5, 5.41) is 2.03. The Morgan fingerprint density at radius 1 is 1.67 bits per heavy atom. The van der Waals surface area contributed by atoms with Gasteiger partial charge in [-0.2, -0.15) is 0 Å². The van der Waals surface area contributed by atoms with Crippen LogP contribution in [-0.2, 0) is 11.2 Å². The Morgan fingerprint density at radius 3 is 2.75 bits per heavy atom. The minimum absolute atomic E-state index is 0.243. The molecule has 0 fully saturated rings. The van der Waals surface area contributed by atoms with E-state index >= 15 is 0 Å². The highest BCUT2D eigenvalue weighted by atomic mass is 79.9. The van der Waals surface area contributed by atoms with E-state index in [2.05, 4.69) is 15.9 Å². The van der Waals surface area contributed by atoms with Crippen molar-refractivity contribution < 1.29 is 4.79 Å². The average Bonchev–Trinajstić information content (AvgIpc) is 2.36. The molecule has 0 aliphatic rings. The Kier molecular flexibility index (Phi) is 3.07. The van der Waals surface area contributed by atoms with Gasteiger partial charge in [0.05, 0.1) is 0 Å². The fourth-order valence-electron chi connectivity index (χ4n) is 0.907. The van der Waals surface area contributed by atoms with Crippen LogP contribution in [0.25, 0.3) is 0 Å². The molecule has 0 radical (unpaired) electrons. The summed E-state index contributed by atoms with van der Waals surface area (Å²) in [6.07, 6.45) is 1.83. The lowest BCUT2D eigenvalue weighted by Crippen LogP contribution is -2.15. The Labute approximate surface area is 84.9 Å². The molecule has 0 aliphatic carbocycles. The molecular weight excluding hydrogens is 236 g/mol. The maximum atomic E-state index is 10.7. The van der Waals surface area contributed by atoms with Crippen LogP contribution >= 0.6 is 27.3 Å². The molecule has 0 atom stereocenters. The van der Waals surface area contributed by atoms with Crippen LogP contribution in [0, 0.1) is 5.41 Å². The molecule has 66 valence electrons. The monoisotopic (exact) mass is 246 g/mol. The summed E-state index contributed by atoms with van der Waals surface area (Å²) in [6.45, 7) is 3.90. The van der Waals surface area contributed by atoms with Crippen LogP contribution in [-0.4, -0.2) is 6.29 Å². The SMILES string of the molecule is CC(C)(C=O)Cc1sccc1Br. The maximum Gasteiger partial charge on any atom is 0.125 e. The van der Waals surface area contributed by atoms with Crippen molar-refractivity contribution in [3.05, 3.63) is 20.8 Å². The van der Waals surface area contributed by atoms with E-state index in [9.17, 15) is 4.79 Å². The molecule has 1 heterocycles. The number of hydrogen-bond donors (Lipinski definition) is 0. The van der Waals surface area contributed by atoms with Crippen LogP contribution in [0.2, 0.25) is 0 Å². The van der Waals surface area contributed by atoms with E-state index in [4.69, 9.17) is 0 Å². The molecule has 0 bridgehead atoms. The van der Waals surface area contributed by atoms with E-state index in [1.807, 2.05) is 25.3 Å². The third-order valence-electron chi connectivity index (χ3n) is 1.63. The van der Waals surface area contributed by atoms with Crippen molar-refractivity contribution in [1.82, 2.24) is 0 Å². The molecule has 3 heteroatoms. The van der Waals surface area contributed by atoms with Gasteiger partial charge in [0, 0.05) is 14.8 Å². The molecule has 1 aromatic rings. The van der Waals surface area contributed by atoms with Crippen molar-refractivity contribution in [2.24, 2.45) is 5.41 Å². The molecule has 0 saturated heterocycles. The minimum Gasteiger partial charge on any atom is -0.303 e. The third-order valence-corrected chi connectivity index (χ3v) is 3.55. The smallest absolute Gasteiger partial charge is 0.125 e. The lowest BCUT2D eigenvalue weighted by Gasteiger charge is -2.15. The number of hydrogen-bond acceptors (Lipinski definition) is 2. The predicted molar refractivity (Wildman–Crippen MR) is 55.6 cm³/mol. The summed E-state index contributed by atoms with van der Waals surface area (Å²) < 4.78 is 1.11. The molecular formula is C9H11BrOS. The summed E-state index contributed by atoms with van der Waals surface area (Å²) >= 11 is 5.13. The largest absolute Gasteiger partial charge is 0.303 e. The van der Waals surface area contributed by atoms with E-state index < -0.39 is 0 Å². The van der Waals surface area contributed by atoms with E-state index in [1.54, 1.807) is 11.3 Å². The number of thiophene rings is 1. The molecule has 0 spiro atoms. The molecule has 1 aromatic heterocycles. The van der Waals surface area contributed by atoms with Gasteiger partial charge < -0.3 is 4.79 Å². The first-order valence-electron chi connectivity index (χ1n) is 3.73. The highest BCUT2D eigenvalue weighted by Gasteiger charge is 2.19. The van der Waals surface area contributed by atoms with Gasteiger partial charge >= 0.3 is 0 Å². The van der Waals surface area contributed by atoms with Crippen molar-refractivity contribution in [3.63, 3.8) is 0 Å². The van der Waals surface area contributed by atoms with Crippen LogP contribution in [0.5, 0.6) is 0 Å². The lowest BCUT2D eigenvalue weighted by molar-refractivity contribution is -0.114. The first-order valence-corrected chi connectivity index (χ1v) is 5.40. The van der Waals surface area contributed by atoms with Gasteiger partial charge in [0.1, 0.15) is 6.29 Å². The maximum absolute atomic E-state index is 10.7. The van der Waals surface area contributed by atoms with Crippen molar-refractivity contribution in [2.45, 2.75) is 20.3 Å². The summed E-state index contributed by atoms with van der Waals surface area (Å²) in [5.74, 6) is 0. The van der Waals surface area contributed by atoms with E-state index in [1.165, 1.54) is 4.88 Å². The fraction of sp³-hybridized carbons (Fsp3) is 0.444. The molecule has 0 aromatic carbocycles. The number of carbonyl (C=O) groups excluding carboxylic acids is 1. The number of carbonyl (C=O) groups is 1. The summed E-state index contributed by atoms with van der Waals surface area (Å²) in [5.41, 5.74) is -0.243. The Balaban J connectivity index is 2.76. The zero-order chi connectivity index (χ0) is 9.19. The standard InChI is InChI=1S/C9H11BrOS/c1-9(2,6-11)5-8-7(10)3-4-12-8/h3-4,6H,5H2,1-2H3. The Hall–Kier alpha value is -0.150. The second kappa shape index (κ2) is 3.71. The van der Waals surface area contributed by atoms with E-state index in [-0.39, 0.29) is 5.41 Å². The summed E-state index contributed by atoms with van der Waals surface area (Å²) in [4.78, 5) is 11.9. The molecule has 1 rings (SSSR count).